The first-order chi connectivity index (χ1) is 11.9. The highest BCUT2D eigenvalue weighted by atomic mass is 32.2. The molecule has 1 aliphatic heterocycles. The van der Waals surface area contributed by atoms with Gasteiger partial charge in [0, 0.05) is 31.2 Å². The fourth-order valence-electron chi connectivity index (χ4n) is 3.10. The van der Waals surface area contributed by atoms with E-state index in [1.807, 2.05) is 11.8 Å². The fraction of sp³-hybridized carbons (Fsp3) is 0.632. The third kappa shape index (κ3) is 4.61. The molecule has 0 saturated carbocycles. The van der Waals surface area contributed by atoms with Crippen LogP contribution in [0.4, 0.5) is 0 Å². The largest absolute Gasteiger partial charge is 0.336 e. The van der Waals surface area contributed by atoms with Gasteiger partial charge in [-0.15, -0.1) is 0 Å². The summed E-state index contributed by atoms with van der Waals surface area (Å²) in [6.07, 6.45) is 4.64. The Hall–Kier alpha value is -1.40. The Morgan fingerprint density at radius 1 is 1.24 bits per heavy atom. The molecule has 1 amide bonds. The zero-order chi connectivity index (χ0) is 18.4. The van der Waals surface area contributed by atoms with Crippen LogP contribution < -0.4 is 0 Å². The average molecular weight is 367 g/mol. The normalized spacial score (nSPS) is 16.8. The molecule has 1 fully saturated rings. The van der Waals surface area contributed by atoms with Gasteiger partial charge in [-0.3, -0.25) is 4.79 Å². The monoisotopic (exact) mass is 366 g/mol. The Bertz CT molecular complexity index is 682. The van der Waals surface area contributed by atoms with Crippen molar-refractivity contribution in [1.82, 2.24) is 9.21 Å². The number of nitrogens with zero attached hydrogens (tertiary/aromatic N) is 2. The molecule has 5 nitrogen and oxygen atoms in total. The van der Waals surface area contributed by atoms with E-state index in [0.717, 1.165) is 32.1 Å². The molecule has 0 aliphatic carbocycles. The molecule has 140 valence electrons. The summed E-state index contributed by atoms with van der Waals surface area (Å²) in [4.78, 5) is 15.1. The van der Waals surface area contributed by atoms with Gasteiger partial charge in [0.15, 0.2) is 0 Å². The van der Waals surface area contributed by atoms with Crippen LogP contribution in [0.3, 0.4) is 0 Å². The summed E-state index contributed by atoms with van der Waals surface area (Å²) in [6, 6.07) is 6.65. The van der Waals surface area contributed by atoms with Crippen LogP contribution in [-0.2, 0) is 10.0 Å². The molecular formula is C19H30N2O3S. The second-order valence-corrected chi connectivity index (χ2v) is 8.69. The van der Waals surface area contributed by atoms with Crippen molar-refractivity contribution in [3.8, 4) is 0 Å². The maximum atomic E-state index is 13.0. The smallest absolute Gasteiger partial charge is 0.254 e. The Morgan fingerprint density at radius 3 is 2.52 bits per heavy atom. The zero-order valence-corrected chi connectivity index (χ0v) is 16.4. The maximum absolute atomic E-state index is 13.0. The minimum Gasteiger partial charge on any atom is -0.336 e. The number of carbonyl (C=O) groups excluding carboxylic acids is 1. The van der Waals surface area contributed by atoms with Crippen LogP contribution in [0, 0.1) is 0 Å². The van der Waals surface area contributed by atoms with Gasteiger partial charge in [-0.25, -0.2) is 8.42 Å². The van der Waals surface area contributed by atoms with E-state index < -0.39 is 10.0 Å². The highest BCUT2D eigenvalue weighted by Crippen LogP contribution is 2.22. The number of carbonyl (C=O) groups is 1. The van der Waals surface area contributed by atoms with Gasteiger partial charge in [-0.1, -0.05) is 26.3 Å². The molecule has 0 aromatic heterocycles. The third-order valence-electron chi connectivity index (χ3n) is 4.92. The number of rotatable bonds is 8. The van der Waals surface area contributed by atoms with E-state index in [2.05, 4.69) is 13.8 Å². The van der Waals surface area contributed by atoms with Crippen molar-refractivity contribution in [1.29, 1.82) is 0 Å². The van der Waals surface area contributed by atoms with Crippen LogP contribution in [-0.4, -0.2) is 49.2 Å². The zero-order valence-electron chi connectivity index (χ0n) is 15.6. The number of benzene rings is 1. The molecule has 0 radical (unpaired) electrons. The number of amides is 1. The summed E-state index contributed by atoms with van der Waals surface area (Å²) >= 11 is 0. The standard InChI is InChI=1S/C19H30N2O3S/c1-4-6-14-21(16(3)5-2)19(22)17-10-9-11-18(15-17)25(23,24)20-12-7-8-13-20/h9-11,15-16H,4-8,12-14H2,1-3H3. The molecule has 1 saturated heterocycles. The third-order valence-corrected chi connectivity index (χ3v) is 6.81. The van der Waals surface area contributed by atoms with Gasteiger partial charge in [-0.2, -0.15) is 4.31 Å². The lowest BCUT2D eigenvalue weighted by Crippen LogP contribution is -2.39. The molecule has 1 heterocycles. The van der Waals surface area contributed by atoms with Crippen LogP contribution >= 0.6 is 0 Å². The summed E-state index contributed by atoms with van der Waals surface area (Å²) in [7, 11) is -3.50. The first-order valence-corrected chi connectivity index (χ1v) is 10.8. The van der Waals surface area contributed by atoms with Crippen LogP contribution in [0.2, 0.25) is 0 Å². The van der Waals surface area contributed by atoms with Crippen molar-refractivity contribution in [3.63, 3.8) is 0 Å². The van der Waals surface area contributed by atoms with Crippen LogP contribution in [0.25, 0.3) is 0 Å². The number of hydrogen-bond acceptors (Lipinski definition) is 3. The van der Waals surface area contributed by atoms with Crippen LogP contribution in [0.15, 0.2) is 29.2 Å². The molecule has 1 unspecified atom stereocenters. The van der Waals surface area contributed by atoms with E-state index in [-0.39, 0.29) is 16.8 Å². The molecule has 0 spiro atoms. The van der Waals surface area contributed by atoms with Crippen molar-refractivity contribution in [3.05, 3.63) is 29.8 Å². The van der Waals surface area contributed by atoms with Gasteiger partial charge in [0.25, 0.3) is 5.91 Å². The molecule has 6 heteroatoms. The first kappa shape index (κ1) is 19.9. The highest BCUT2D eigenvalue weighted by molar-refractivity contribution is 7.89. The Kier molecular flexibility index (Phi) is 7.02. The average Bonchev–Trinajstić information content (AvgIpc) is 3.17. The van der Waals surface area contributed by atoms with Crippen molar-refractivity contribution in [2.75, 3.05) is 19.6 Å². The summed E-state index contributed by atoms with van der Waals surface area (Å²) in [5.41, 5.74) is 0.455. The molecule has 25 heavy (non-hydrogen) atoms. The summed E-state index contributed by atoms with van der Waals surface area (Å²) in [5, 5.41) is 0. The minimum absolute atomic E-state index is 0.0822. The van der Waals surface area contributed by atoms with E-state index in [4.69, 9.17) is 0 Å². The van der Waals surface area contributed by atoms with Gasteiger partial charge in [0.05, 0.1) is 4.90 Å². The first-order valence-electron chi connectivity index (χ1n) is 9.33. The highest BCUT2D eigenvalue weighted by Gasteiger charge is 2.28. The maximum Gasteiger partial charge on any atom is 0.254 e. The van der Waals surface area contributed by atoms with Crippen molar-refractivity contribution < 1.29 is 13.2 Å². The van der Waals surface area contributed by atoms with E-state index in [1.165, 1.54) is 10.4 Å². The van der Waals surface area contributed by atoms with Crippen LogP contribution in [0.1, 0.15) is 63.2 Å². The van der Waals surface area contributed by atoms with E-state index in [0.29, 0.717) is 25.2 Å². The minimum atomic E-state index is -3.50. The molecule has 1 aliphatic rings. The Balaban J connectivity index is 2.28. The second kappa shape index (κ2) is 8.81. The topological polar surface area (TPSA) is 57.7 Å². The molecule has 2 rings (SSSR count). The fourth-order valence-corrected chi connectivity index (χ4v) is 4.67. The van der Waals surface area contributed by atoms with E-state index in [1.54, 1.807) is 18.2 Å². The summed E-state index contributed by atoms with van der Waals surface area (Å²) < 4.78 is 27.0. The summed E-state index contributed by atoms with van der Waals surface area (Å²) in [5.74, 6) is -0.0822. The lowest BCUT2D eigenvalue weighted by molar-refractivity contribution is 0.0685. The van der Waals surface area contributed by atoms with E-state index in [9.17, 15) is 13.2 Å². The molecule has 1 atom stereocenters. The van der Waals surface area contributed by atoms with Crippen molar-refractivity contribution in [2.24, 2.45) is 0 Å². The number of hydrogen-bond donors (Lipinski definition) is 0. The lowest BCUT2D eigenvalue weighted by Gasteiger charge is -2.29. The Labute approximate surface area is 152 Å². The van der Waals surface area contributed by atoms with Gasteiger partial charge in [0.2, 0.25) is 10.0 Å². The molecule has 1 aromatic carbocycles. The molecule has 0 N–H and O–H groups in total. The molecular weight excluding hydrogens is 336 g/mol. The van der Waals surface area contributed by atoms with E-state index >= 15 is 0 Å². The number of unbranched alkanes of at least 4 members (excludes halogenated alkanes) is 1. The Morgan fingerprint density at radius 2 is 1.92 bits per heavy atom. The quantitative estimate of drug-likeness (QED) is 0.707. The van der Waals surface area contributed by atoms with Crippen molar-refractivity contribution >= 4 is 15.9 Å². The predicted octanol–water partition coefficient (Wildman–Crippen LogP) is 3.51. The van der Waals surface area contributed by atoms with Gasteiger partial charge in [-0.05, 0) is 50.8 Å². The molecule has 0 bridgehead atoms. The van der Waals surface area contributed by atoms with Crippen LogP contribution in [0.5, 0.6) is 0 Å². The van der Waals surface area contributed by atoms with Crippen molar-refractivity contribution in [2.45, 2.75) is 63.8 Å². The van der Waals surface area contributed by atoms with Gasteiger partial charge in [0.1, 0.15) is 0 Å². The summed E-state index contributed by atoms with van der Waals surface area (Å²) in [6.45, 7) is 8.03. The lowest BCUT2D eigenvalue weighted by atomic mass is 10.1. The van der Waals surface area contributed by atoms with Gasteiger partial charge < -0.3 is 4.90 Å². The second-order valence-electron chi connectivity index (χ2n) is 6.75. The SMILES string of the molecule is CCCCN(C(=O)c1cccc(S(=O)(=O)N2CCCC2)c1)C(C)CC. The number of sulfonamides is 1. The molecule has 1 aromatic rings. The predicted molar refractivity (Wildman–Crippen MR) is 100 cm³/mol. The van der Waals surface area contributed by atoms with Gasteiger partial charge >= 0.3 is 0 Å².